The number of hydrogen-bond donors (Lipinski definition) is 0. The van der Waals surface area contributed by atoms with Crippen LogP contribution in [0.2, 0.25) is 0 Å². The third kappa shape index (κ3) is 6.97. The summed E-state index contributed by atoms with van der Waals surface area (Å²) < 4.78 is 2.37. The number of aromatic nitrogens is 3. The number of nitrogens with zero attached hydrogens (tertiary/aromatic N) is 4. The van der Waals surface area contributed by atoms with Gasteiger partial charge >= 0.3 is 0 Å². The minimum absolute atomic E-state index is 0.922. The lowest BCUT2D eigenvalue weighted by molar-refractivity contribution is 1.17. The number of rotatable bonds is 8. The summed E-state index contributed by atoms with van der Waals surface area (Å²) >= 11 is 0. The van der Waals surface area contributed by atoms with Gasteiger partial charge in [0.1, 0.15) is 0 Å². The van der Waals surface area contributed by atoms with Gasteiger partial charge in [0.2, 0.25) is 0 Å². The monoisotopic (exact) mass is 844 g/mol. The minimum Gasteiger partial charge on any atom is -0.310 e. The first kappa shape index (κ1) is 39.0. The highest BCUT2D eigenvalue weighted by Gasteiger charge is 2.18. The van der Waals surface area contributed by atoms with Gasteiger partial charge in [0.25, 0.3) is 0 Å². The van der Waals surface area contributed by atoms with Crippen LogP contribution in [0.15, 0.2) is 231 Å². The van der Waals surface area contributed by atoms with Crippen molar-refractivity contribution >= 4 is 60.4 Å². The number of anilines is 3. The first-order chi connectivity index (χ1) is 32.5. The van der Waals surface area contributed by atoms with Crippen LogP contribution in [0.3, 0.4) is 0 Å². The van der Waals surface area contributed by atoms with E-state index < -0.39 is 0 Å². The van der Waals surface area contributed by atoms with Crippen molar-refractivity contribution in [3.63, 3.8) is 0 Å². The molecule has 12 rings (SSSR count). The topological polar surface area (TPSA) is 34.0 Å². The van der Waals surface area contributed by atoms with Crippen molar-refractivity contribution in [2.75, 3.05) is 4.90 Å². The molecule has 0 aliphatic carbocycles. The molecule has 0 amide bonds. The Morgan fingerprint density at radius 2 is 0.803 bits per heavy atom. The molecule has 66 heavy (non-hydrogen) atoms. The number of hydrogen-bond acceptors (Lipinski definition) is 3. The maximum Gasteiger partial charge on any atom is 0.0709 e. The minimum atomic E-state index is 0.922. The second-order valence-electron chi connectivity index (χ2n) is 17.2. The third-order valence-corrected chi connectivity index (χ3v) is 13.1. The molecule has 0 spiro atoms. The average Bonchev–Trinajstić information content (AvgIpc) is 3.71. The summed E-state index contributed by atoms with van der Waals surface area (Å²) in [4.78, 5) is 12.4. The third-order valence-electron chi connectivity index (χ3n) is 13.1. The van der Waals surface area contributed by atoms with E-state index in [2.05, 4.69) is 242 Å². The Morgan fingerprint density at radius 1 is 0.348 bits per heavy atom. The van der Waals surface area contributed by atoms with Gasteiger partial charge in [0.15, 0.2) is 0 Å². The molecule has 0 aliphatic rings. The van der Waals surface area contributed by atoms with E-state index in [1.807, 2.05) is 12.4 Å². The number of aryl methyl sites for hydroxylation is 2. The van der Waals surface area contributed by atoms with Gasteiger partial charge < -0.3 is 9.47 Å². The fraction of sp³-hybridized carbons (Fsp3) is 0.0323. The van der Waals surface area contributed by atoms with Crippen molar-refractivity contribution in [2.24, 2.45) is 0 Å². The Morgan fingerprint density at radius 3 is 1.30 bits per heavy atom. The molecule has 4 heteroatoms. The molecule has 0 aliphatic heterocycles. The van der Waals surface area contributed by atoms with E-state index in [0.717, 1.165) is 56.4 Å². The molecule has 0 bridgehead atoms. The van der Waals surface area contributed by atoms with E-state index in [-0.39, 0.29) is 0 Å². The van der Waals surface area contributed by atoms with Gasteiger partial charge in [0, 0.05) is 57.0 Å². The molecule has 9 aromatic carbocycles. The lowest BCUT2D eigenvalue weighted by Crippen LogP contribution is -2.10. The maximum absolute atomic E-state index is 5.01. The molecule has 3 heterocycles. The Kier molecular flexibility index (Phi) is 9.57. The van der Waals surface area contributed by atoms with Crippen molar-refractivity contribution in [1.82, 2.24) is 14.5 Å². The molecule has 0 N–H and O–H groups in total. The van der Waals surface area contributed by atoms with Gasteiger partial charge in [0.05, 0.1) is 22.4 Å². The SMILES string of the molecule is Cc1cnc(-c2cccc(N(c3ccc(-n4c5ccccc5c5ccccc54)cc3)c3cccc(-c4cc(-c5ccc6ccccc6c5)c(C)cn4)c3)c2)cc1-c1ccc2ccccc2c1. The van der Waals surface area contributed by atoms with Crippen molar-refractivity contribution in [1.29, 1.82) is 0 Å². The van der Waals surface area contributed by atoms with Gasteiger partial charge in [-0.05, 0) is 154 Å². The zero-order valence-electron chi connectivity index (χ0n) is 36.7. The summed E-state index contributed by atoms with van der Waals surface area (Å²) in [6.07, 6.45) is 4.00. The van der Waals surface area contributed by atoms with Gasteiger partial charge in [-0.1, -0.05) is 133 Å². The van der Waals surface area contributed by atoms with Gasteiger partial charge in [-0.15, -0.1) is 0 Å². The summed E-state index contributed by atoms with van der Waals surface area (Å²) in [5.41, 5.74) is 17.5. The highest BCUT2D eigenvalue weighted by atomic mass is 15.1. The van der Waals surface area contributed by atoms with E-state index in [1.165, 1.54) is 65.6 Å². The van der Waals surface area contributed by atoms with Crippen LogP contribution in [0.1, 0.15) is 11.1 Å². The molecule has 0 unspecified atom stereocenters. The van der Waals surface area contributed by atoms with E-state index >= 15 is 0 Å². The summed E-state index contributed by atoms with van der Waals surface area (Å²) in [6, 6.07) is 78.7. The highest BCUT2D eigenvalue weighted by molar-refractivity contribution is 6.09. The molecule has 0 radical (unpaired) electrons. The Balaban J connectivity index is 0.974. The van der Waals surface area contributed by atoms with E-state index in [1.54, 1.807) is 0 Å². The van der Waals surface area contributed by atoms with Crippen LogP contribution in [0.5, 0.6) is 0 Å². The van der Waals surface area contributed by atoms with Gasteiger partial charge in [-0.3, -0.25) is 9.97 Å². The molecule has 12 aromatic rings. The first-order valence-electron chi connectivity index (χ1n) is 22.5. The van der Waals surface area contributed by atoms with Crippen molar-refractivity contribution in [3.8, 4) is 50.5 Å². The summed E-state index contributed by atoms with van der Waals surface area (Å²) in [5, 5.41) is 7.40. The molecule has 0 atom stereocenters. The van der Waals surface area contributed by atoms with E-state index in [0.29, 0.717) is 0 Å². The highest BCUT2D eigenvalue weighted by Crippen LogP contribution is 2.41. The molecule has 4 nitrogen and oxygen atoms in total. The lowest BCUT2D eigenvalue weighted by atomic mass is 9.97. The smallest absolute Gasteiger partial charge is 0.0709 e. The summed E-state index contributed by atoms with van der Waals surface area (Å²) in [6.45, 7) is 4.28. The zero-order valence-corrected chi connectivity index (χ0v) is 36.7. The quantitative estimate of drug-likeness (QED) is 0.153. The van der Waals surface area contributed by atoms with Gasteiger partial charge in [-0.2, -0.15) is 0 Å². The number of fused-ring (bicyclic) bond motifs is 5. The predicted octanol–water partition coefficient (Wildman–Crippen LogP) is 16.6. The summed E-state index contributed by atoms with van der Waals surface area (Å²) in [5.74, 6) is 0. The molecular weight excluding hydrogens is 801 g/mol. The average molecular weight is 845 g/mol. The molecule has 3 aromatic heterocycles. The number of para-hydroxylation sites is 2. The van der Waals surface area contributed by atoms with E-state index in [4.69, 9.17) is 9.97 Å². The van der Waals surface area contributed by atoms with Crippen molar-refractivity contribution in [2.45, 2.75) is 13.8 Å². The van der Waals surface area contributed by atoms with Crippen molar-refractivity contribution in [3.05, 3.63) is 242 Å². The predicted molar refractivity (Wildman–Crippen MR) is 277 cm³/mol. The lowest BCUT2D eigenvalue weighted by Gasteiger charge is -2.27. The standard InChI is InChI=1S/C62H44N4/c1-41-39-63-59(37-57(41)47-27-25-43-13-3-5-15-45(43)33-47)49-17-11-19-53(35-49)65(51-29-31-52(32-30-51)66-61-23-9-7-21-55(61)56-22-8-10-24-62(56)66)54-20-12-18-50(36-54)60-38-58(42(2)40-64-60)48-28-26-44-14-4-6-16-46(44)34-48/h3-40H,1-2H3. The number of benzene rings is 9. The van der Waals surface area contributed by atoms with Crippen molar-refractivity contribution < 1.29 is 0 Å². The van der Waals surface area contributed by atoms with Crippen LogP contribution in [0, 0.1) is 13.8 Å². The second-order valence-corrected chi connectivity index (χ2v) is 17.2. The fourth-order valence-electron chi connectivity index (χ4n) is 9.71. The second kappa shape index (κ2) is 16.2. The molecule has 0 saturated carbocycles. The molecule has 0 fully saturated rings. The largest absolute Gasteiger partial charge is 0.310 e. The molecule has 0 saturated heterocycles. The Bertz CT molecular complexity index is 3580. The molecular formula is C62H44N4. The zero-order chi connectivity index (χ0) is 44.1. The molecule has 312 valence electrons. The first-order valence-corrected chi connectivity index (χ1v) is 22.5. The van der Waals surface area contributed by atoms with Crippen LogP contribution in [0.25, 0.3) is 93.8 Å². The van der Waals surface area contributed by atoms with Crippen LogP contribution >= 0.6 is 0 Å². The van der Waals surface area contributed by atoms with Gasteiger partial charge in [-0.25, -0.2) is 0 Å². The van der Waals surface area contributed by atoms with Crippen LogP contribution in [0.4, 0.5) is 17.1 Å². The number of pyridine rings is 2. The van der Waals surface area contributed by atoms with Crippen LogP contribution in [-0.2, 0) is 0 Å². The van der Waals surface area contributed by atoms with Crippen LogP contribution < -0.4 is 4.90 Å². The maximum atomic E-state index is 5.01. The Labute approximate surface area is 384 Å². The Hall–Kier alpha value is -8.60. The summed E-state index contributed by atoms with van der Waals surface area (Å²) in [7, 11) is 0. The normalized spacial score (nSPS) is 11.5. The van der Waals surface area contributed by atoms with E-state index in [9.17, 15) is 0 Å². The fourth-order valence-corrected chi connectivity index (χ4v) is 9.71. The van der Waals surface area contributed by atoms with Crippen LogP contribution in [-0.4, -0.2) is 14.5 Å².